The molecule has 1 aliphatic heterocycles. The Morgan fingerprint density at radius 2 is 2.00 bits per heavy atom. The van der Waals surface area contributed by atoms with Crippen LogP contribution in [-0.2, 0) is 23.3 Å². The molecule has 3 amide bonds. The van der Waals surface area contributed by atoms with Crippen molar-refractivity contribution in [3.8, 4) is 0 Å². The van der Waals surface area contributed by atoms with Gasteiger partial charge in [-0.2, -0.15) is 0 Å². The summed E-state index contributed by atoms with van der Waals surface area (Å²) in [6.45, 7) is 2.19. The molecule has 1 unspecified atom stereocenters. The minimum absolute atomic E-state index is 0.176. The highest BCUT2D eigenvalue weighted by Crippen LogP contribution is 2.41. The minimum atomic E-state index is -0.913. The van der Waals surface area contributed by atoms with Crippen molar-refractivity contribution in [1.82, 2.24) is 19.6 Å². The first-order valence-electron chi connectivity index (χ1n) is 8.73. The lowest BCUT2D eigenvalue weighted by Gasteiger charge is -2.22. The average molecular weight is 346 g/mol. The van der Waals surface area contributed by atoms with Crippen LogP contribution in [-0.4, -0.2) is 26.2 Å². The van der Waals surface area contributed by atoms with E-state index in [1.165, 1.54) is 4.90 Å². The molecule has 2 aromatic heterocycles. The van der Waals surface area contributed by atoms with Crippen LogP contribution in [0.15, 0.2) is 48.8 Å². The Labute approximate surface area is 150 Å². The van der Waals surface area contributed by atoms with Crippen molar-refractivity contribution in [3.05, 3.63) is 71.2 Å². The fourth-order valence-corrected chi connectivity index (χ4v) is 4.13. The molecule has 1 fully saturated rings. The molecular formula is C20H18N4O2. The molecule has 3 aromatic rings. The van der Waals surface area contributed by atoms with Crippen LogP contribution in [0.1, 0.15) is 28.8 Å². The van der Waals surface area contributed by atoms with Crippen molar-refractivity contribution in [2.75, 3.05) is 0 Å². The molecule has 1 saturated heterocycles. The standard InChI is InChI=1S/C20H18N4O2/c1-13-6-7-17-21-15(11-23(17)10-13)12-24-18(25)20(22-19(24)26)9-8-14-4-2-3-5-16(14)20/h2-7,10-11H,8-9,12H2,1H3,(H,22,26). The summed E-state index contributed by atoms with van der Waals surface area (Å²) in [6.07, 6.45) is 5.25. The lowest BCUT2D eigenvalue weighted by Crippen LogP contribution is -2.41. The van der Waals surface area contributed by atoms with E-state index in [-0.39, 0.29) is 18.5 Å². The zero-order valence-electron chi connectivity index (χ0n) is 14.4. The molecule has 1 aromatic carbocycles. The number of hydrogen-bond donors (Lipinski definition) is 1. The third-order valence-electron chi connectivity index (χ3n) is 5.39. The fraction of sp³-hybridized carbons (Fsp3) is 0.250. The van der Waals surface area contributed by atoms with Gasteiger partial charge in [0, 0.05) is 12.4 Å². The average Bonchev–Trinajstić information content (AvgIpc) is 3.27. The Morgan fingerprint density at radius 3 is 2.88 bits per heavy atom. The van der Waals surface area contributed by atoms with E-state index in [0.717, 1.165) is 28.8 Å². The molecule has 2 aliphatic rings. The van der Waals surface area contributed by atoms with Gasteiger partial charge >= 0.3 is 6.03 Å². The van der Waals surface area contributed by atoms with Gasteiger partial charge in [-0.3, -0.25) is 9.69 Å². The highest BCUT2D eigenvalue weighted by molar-refractivity contribution is 6.08. The van der Waals surface area contributed by atoms with Crippen LogP contribution < -0.4 is 5.32 Å². The maximum Gasteiger partial charge on any atom is 0.325 e. The first-order chi connectivity index (χ1) is 12.6. The second kappa shape index (κ2) is 5.17. The summed E-state index contributed by atoms with van der Waals surface area (Å²) in [5.41, 5.74) is 3.76. The number of imidazole rings is 1. The highest BCUT2D eigenvalue weighted by Gasteiger charge is 2.55. The predicted molar refractivity (Wildman–Crippen MR) is 95.5 cm³/mol. The van der Waals surface area contributed by atoms with Crippen LogP contribution in [0, 0.1) is 6.92 Å². The first-order valence-corrected chi connectivity index (χ1v) is 8.73. The lowest BCUT2D eigenvalue weighted by molar-refractivity contribution is -0.132. The van der Waals surface area contributed by atoms with E-state index in [1.807, 2.05) is 60.1 Å². The van der Waals surface area contributed by atoms with Crippen molar-refractivity contribution in [2.45, 2.75) is 31.8 Å². The van der Waals surface area contributed by atoms with Gasteiger partial charge in [-0.15, -0.1) is 0 Å². The Hall–Kier alpha value is -3.15. The van der Waals surface area contributed by atoms with E-state index in [1.54, 1.807) is 0 Å². The quantitative estimate of drug-likeness (QED) is 0.725. The highest BCUT2D eigenvalue weighted by atomic mass is 16.2. The summed E-state index contributed by atoms with van der Waals surface area (Å²) >= 11 is 0. The molecule has 1 aliphatic carbocycles. The summed E-state index contributed by atoms with van der Waals surface area (Å²) < 4.78 is 1.92. The van der Waals surface area contributed by atoms with E-state index < -0.39 is 5.54 Å². The molecule has 26 heavy (non-hydrogen) atoms. The van der Waals surface area contributed by atoms with Crippen molar-refractivity contribution < 1.29 is 9.59 Å². The molecule has 5 rings (SSSR count). The number of nitrogens with one attached hydrogen (secondary N) is 1. The van der Waals surface area contributed by atoms with Gasteiger partial charge in [0.15, 0.2) is 0 Å². The Morgan fingerprint density at radius 1 is 1.15 bits per heavy atom. The van der Waals surface area contributed by atoms with Crippen molar-refractivity contribution in [3.63, 3.8) is 0 Å². The Kier molecular flexibility index (Phi) is 3.01. The summed E-state index contributed by atoms with van der Waals surface area (Å²) in [5, 5.41) is 2.95. The van der Waals surface area contributed by atoms with Gasteiger partial charge in [-0.25, -0.2) is 9.78 Å². The molecule has 3 heterocycles. The van der Waals surface area contributed by atoms with Crippen LogP contribution in [0.3, 0.4) is 0 Å². The number of amides is 3. The van der Waals surface area contributed by atoms with Crippen LogP contribution in [0.4, 0.5) is 4.79 Å². The maximum atomic E-state index is 13.2. The predicted octanol–water partition coefficient (Wildman–Crippen LogP) is 2.54. The third kappa shape index (κ3) is 2.02. The van der Waals surface area contributed by atoms with Crippen molar-refractivity contribution in [2.24, 2.45) is 0 Å². The molecule has 6 nitrogen and oxygen atoms in total. The van der Waals surface area contributed by atoms with Crippen molar-refractivity contribution >= 4 is 17.6 Å². The second-order valence-corrected chi connectivity index (χ2v) is 7.09. The van der Waals surface area contributed by atoms with Crippen LogP contribution in [0.2, 0.25) is 0 Å². The molecular weight excluding hydrogens is 328 g/mol. The number of aromatic nitrogens is 2. The van der Waals surface area contributed by atoms with E-state index in [4.69, 9.17) is 0 Å². The molecule has 130 valence electrons. The van der Waals surface area contributed by atoms with Gasteiger partial charge in [-0.1, -0.05) is 30.3 Å². The second-order valence-electron chi connectivity index (χ2n) is 7.09. The summed E-state index contributed by atoms with van der Waals surface area (Å²) in [6, 6.07) is 11.4. The zero-order valence-corrected chi connectivity index (χ0v) is 14.4. The summed E-state index contributed by atoms with van der Waals surface area (Å²) in [7, 11) is 0. The molecule has 1 atom stereocenters. The zero-order chi connectivity index (χ0) is 17.9. The number of aryl methyl sites for hydroxylation is 2. The fourth-order valence-electron chi connectivity index (χ4n) is 4.13. The van der Waals surface area contributed by atoms with Crippen molar-refractivity contribution in [1.29, 1.82) is 0 Å². The largest absolute Gasteiger partial charge is 0.325 e. The topological polar surface area (TPSA) is 66.7 Å². The first kappa shape index (κ1) is 15.1. The molecule has 1 N–H and O–H groups in total. The Bertz CT molecular complexity index is 1070. The number of nitrogens with zero attached hydrogens (tertiary/aromatic N) is 3. The van der Waals surface area contributed by atoms with Crippen LogP contribution in [0.25, 0.3) is 5.65 Å². The van der Waals surface area contributed by atoms with Gasteiger partial charge in [-0.05, 0) is 42.5 Å². The van der Waals surface area contributed by atoms with Crippen LogP contribution in [0.5, 0.6) is 0 Å². The number of carbonyl (C=O) groups excluding carboxylic acids is 2. The normalized spacial score (nSPS) is 21.7. The Balaban J connectivity index is 1.49. The maximum absolute atomic E-state index is 13.2. The van der Waals surface area contributed by atoms with Gasteiger partial charge in [0.2, 0.25) is 0 Å². The summed E-state index contributed by atoms with van der Waals surface area (Å²) in [5.74, 6) is -0.180. The number of carbonyl (C=O) groups is 2. The smallest absolute Gasteiger partial charge is 0.319 e. The number of benzene rings is 1. The summed E-state index contributed by atoms with van der Waals surface area (Å²) in [4.78, 5) is 31.6. The van der Waals surface area contributed by atoms with Gasteiger partial charge in [0.25, 0.3) is 5.91 Å². The van der Waals surface area contributed by atoms with Gasteiger partial charge in [0.1, 0.15) is 11.2 Å². The number of fused-ring (bicyclic) bond motifs is 3. The molecule has 0 radical (unpaired) electrons. The van der Waals surface area contributed by atoms with E-state index in [0.29, 0.717) is 12.1 Å². The number of hydrogen-bond acceptors (Lipinski definition) is 3. The molecule has 1 spiro atoms. The number of urea groups is 1. The molecule has 0 bridgehead atoms. The minimum Gasteiger partial charge on any atom is -0.319 e. The van der Waals surface area contributed by atoms with E-state index in [9.17, 15) is 9.59 Å². The molecule has 0 saturated carbocycles. The van der Waals surface area contributed by atoms with Gasteiger partial charge < -0.3 is 9.72 Å². The number of pyridine rings is 1. The number of imide groups is 1. The third-order valence-corrected chi connectivity index (χ3v) is 5.39. The van der Waals surface area contributed by atoms with E-state index >= 15 is 0 Å². The SMILES string of the molecule is Cc1ccc2nc(CN3C(=O)NC4(CCc5ccccc54)C3=O)cn2c1. The number of rotatable bonds is 2. The van der Waals surface area contributed by atoms with Crippen LogP contribution >= 0.6 is 0 Å². The monoisotopic (exact) mass is 346 g/mol. The lowest BCUT2D eigenvalue weighted by atomic mass is 9.92. The molecule has 6 heteroatoms. The van der Waals surface area contributed by atoms with E-state index in [2.05, 4.69) is 10.3 Å². The van der Waals surface area contributed by atoms with Gasteiger partial charge in [0.05, 0.1) is 12.2 Å².